The van der Waals surface area contributed by atoms with Crippen LogP contribution < -0.4 is 0 Å². The number of benzene rings is 1. The molecule has 1 aliphatic carbocycles. The first-order chi connectivity index (χ1) is 13.5. The van der Waals surface area contributed by atoms with E-state index in [9.17, 15) is 14.4 Å². The third-order valence-corrected chi connectivity index (χ3v) is 5.16. The molecule has 0 aromatic heterocycles. The molecular formula is C20H25NO7. The Morgan fingerprint density at radius 3 is 2.46 bits per heavy atom. The van der Waals surface area contributed by atoms with Crippen LogP contribution in [0.25, 0.3) is 0 Å². The topological polar surface area (TPSA) is 102 Å². The zero-order valence-corrected chi connectivity index (χ0v) is 15.7. The number of likely N-dealkylation sites (tertiary alicyclic amines) is 1. The van der Waals surface area contributed by atoms with Gasteiger partial charge >= 0.3 is 12.1 Å². The minimum absolute atomic E-state index is 0.178. The quantitative estimate of drug-likeness (QED) is 0.563. The maximum atomic E-state index is 12.1. The fourth-order valence-corrected chi connectivity index (χ4v) is 3.53. The summed E-state index contributed by atoms with van der Waals surface area (Å²) in [7, 11) is 0. The van der Waals surface area contributed by atoms with Crippen molar-refractivity contribution in [2.24, 2.45) is 5.92 Å². The van der Waals surface area contributed by atoms with Crippen molar-refractivity contribution in [1.29, 1.82) is 0 Å². The van der Waals surface area contributed by atoms with Crippen molar-refractivity contribution in [1.82, 2.24) is 4.90 Å². The number of carboxylic acid groups (broad SMARTS) is 1. The van der Waals surface area contributed by atoms with E-state index in [0.29, 0.717) is 19.4 Å². The van der Waals surface area contributed by atoms with Crippen LogP contribution in [0.5, 0.6) is 0 Å². The average Bonchev–Trinajstić information content (AvgIpc) is 3.10. The molecule has 2 fully saturated rings. The lowest BCUT2D eigenvalue weighted by Crippen LogP contribution is -2.40. The molecule has 0 bridgehead atoms. The number of rotatable bonds is 7. The summed E-state index contributed by atoms with van der Waals surface area (Å²) < 4.78 is 17.0. The van der Waals surface area contributed by atoms with Gasteiger partial charge in [-0.15, -0.1) is 0 Å². The molecule has 1 amide bonds. The summed E-state index contributed by atoms with van der Waals surface area (Å²) in [6.07, 6.45) is 3.69. The van der Waals surface area contributed by atoms with Crippen molar-refractivity contribution in [3.05, 3.63) is 35.9 Å². The standard InChI is InChI=1S/C20H25NO7/c22-17-12-21(11-16(17)18(23)24)19(25)26-14-28-20(9-5-2-6-10-20)27-13-15-7-3-1-4-8-15/h1,3-4,7-8,16H,2,5-6,9-14H2,(H,23,24). The number of carboxylic acids is 1. The Kier molecular flexibility index (Phi) is 6.64. The van der Waals surface area contributed by atoms with Gasteiger partial charge in [-0.3, -0.25) is 14.5 Å². The van der Waals surface area contributed by atoms with Crippen molar-refractivity contribution < 1.29 is 33.7 Å². The first-order valence-corrected chi connectivity index (χ1v) is 9.48. The Morgan fingerprint density at radius 2 is 1.82 bits per heavy atom. The number of ether oxygens (including phenoxy) is 3. The number of nitrogens with zero attached hydrogens (tertiary/aromatic N) is 1. The number of carbonyl (C=O) groups excluding carboxylic acids is 2. The molecule has 3 rings (SSSR count). The van der Waals surface area contributed by atoms with E-state index in [1.54, 1.807) is 0 Å². The summed E-state index contributed by atoms with van der Waals surface area (Å²) in [6.45, 7) is -0.347. The van der Waals surface area contributed by atoms with E-state index in [1.165, 1.54) is 0 Å². The van der Waals surface area contributed by atoms with Crippen molar-refractivity contribution in [2.75, 3.05) is 19.9 Å². The lowest BCUT2D eigenvalue weighted by atomic mass is 9.94. The molecule has 28 heavy (non-hydrogen) atoms. The van der Waals surface area contributed by atoms with Crippen LogP contribution in [0.1, 0.15) is 37.7 Å². The van der Waals surface area contributed by atoms with Gasteiger partial charge in [-0.1, -0.05) is 36.8 Å². The second-order valence-electron chi connectivity index (χ2n) is 7.16. The molecule has 1 unspecified atom stereocenters. The van der Waals surface area contributed by atoms with Gasteiger partial charge in [0.2, 0.25) is 0 Å². The third kappa shape index (κ3) is 5.08. The number of hydrogen-bond donors (Lipinski definition) is 1. The maximum absolute atomic E-state index is 12.1. The van der Waals surface area contributed by atoms with E-state index in [0.717, 1.165) is 29.7 Å². The van der Waals surface area contributed by atoms with E-state index < -0.39 is 29.6 Å². The molecule has 8 nitrogen and oxygen atoms in total. The number of hydrogen-bond acceptors (Lipinski definition) is 6. The van der Waals surface area contributed by atoms with Crippen LogP contribution in [0, 0.1) is 5.92 Å². The highest BCUT2D eigenvalue weighted by Crippen LogP contribution is 2.33. The van der Waals surface area contributed by atoms with Gasteiger partial charge in [0.15, 0.2) is 18.4 Å². The van der Waals surface area contributed by atoms with Gasteiger partial charge in [-0.2, -0.15) is 0 Å². The van der Waals surface area contributed by atoms with Gasteiger partial charge in [0.1, 0.15) is 5.92 Å². The van der Waals surface area contributed by atoms with Crippen LogP contribution in [0.4, 0.5) is 4.79 Å². The van der Waals surface area contributed by atoms with Gasteiger partial charge in [-0.25, -0.2) is 4.79 Å². The van der Waals surface area contributed by atoms with Gasteiger partial charge in [0, 0.05) is 19.4 Å². The Bertz CT molecular complexity index is 700. The molecule has 2 aliphatic rings. The molecule has 0 radical (unpaired) electrons. The maximum Gasteiger partial charge on any atom is 0.412 e. The summed E-state index contributed by atoms with van der Waals surface area (Å²) in [5.74, 6) is -3.72. The zero-order valence-electron chi connectivity index (χ0n) is 15.7. The number of aliphatic carboxylic acids is 1. The van der Waals surface area contributed by atoms with E-state index in [2.05, 4.69) is 0 Å². The summed E-state index contributed by atoms with van der Waals surface area (Å²) in [4.78, 5) is 35.8. The lowest BCUT2D eigenvalue weighted by Gasteiger charge is -2.36. The molecule has 1 aromatic carbocycles. The Labute approximate surface area is 163 Å². The summed E-state index contributed by atoms with van der Waals surface area (Å²) in [6, 6.07) is 9.76. The second kappa shape index (κ2) is 9.16. The van der Waals surface area contributed by atoms with Gasteiger partial charge in [0.05, 0.1) is 13.2 Å². The highest BCUT2D eigenvalue weighted by molar-refractivity contribution is 6.02. The molecule has 1 aromatic rings. The number of Topliss-reactive ketones (excluding diaryl/α,β-unsaturated/α-hetero) is 1. The molecule has 1 atom stereocenters. The van der Waals surface area contributed by atoms with E-state index in [4.69, 9.17) is 19.3 Å². The van der Waals surface area contributed by atoms with Gasteiger partial charge in [-0.05, 0) is 18.4 Å². The molecule has 1 heterocycles. The average molecular weight is 391 g/mol. The fraction of sp³-hybridized carbons (Fsp3) is 0.550. The van der Waals surface area contributed by atoms with Crippen molar-refractivity contribution in [3.8, 4) is 0 Å². The first kappa shape index (κ1) is 20.3. The number of amides is 1. The summed E-state index contributed by atoms with van der Waals surface area (Å²) in [5, 5.41) is 8.98. The lowest BCUT2D eigenvalue weighted by molar-refractivity contribution is -0.282. The summed E-state index contributed by atoms with van der Waals surface area (Å²) >= 11 is 0. The van der Waals surface area contributed by atoms with E-state index in [1.807, 2.05) is 30.3 Å². The Hall–Kier alpha value is -2.45. The van der Waals surface area contributed by atoms with Crippen LogP contribution in [0.15, 0.2) is 30.3 Å². The Morgan fingerprint density at radius 1 is 1.11 bits per heavy atom. The van der Waals surface area contributed by atoms with E-state index in [-0.39, 0.29) is 19.9 Å². The van der Waals surface area contributed by atoms with Crippen LogP contribution in [-0.2, 0) is 30.4 Å². The van der Waals surface area contributed by atoms with E-state index >= 15 is 0 Å². The fourth-order valence-electron chi connectivity index (χ4n) is 3.53. The predicted octanol–water partition coefficient (Wildman–Crippen LogP) is 2.56. The number of carbonyl (C=O) groups is 3. The molecule has 1 saturated carbocycles. The van der Waals surface area contributed by atoms with Gasteiger partial charge in [0.25, 0.3) is 0 Å². The third-order valence-electron chi connectivity index (χ3n) is 5.16. The predicted molar refractivity (Wildman–Crippen MR) is 97.2 cm³/mol. The molecule has 1 N–H and O–H groups in total. The highest BCUT2D eigenvalue weighted by Gasteiger charge is 2.39. The van der Waals surface area contributed by atoms with Crippen LogP contribution in [-0.4, -0.2) is 53.5 Å². The summed E-state index contributed by atoms with van der Waals surface area (Å²) in [5.41, 5.74) is 1.03. The molecule has 152 valence electrons. The molecule has 1 saturated heterocycles. The smallest absolute Gasteiger partial charge is 0.412 e. The van der Waals surface area contributed by atoms with Crippen molar-refractivity contribution >= 4 is 17.8 Å². The SMILES string of the molecule is O=C(O)C1CN(C(=O)OCOC2(OCc3ccccc3)CCCCC2)CC1=O. The monoisotopic (exact) mass is 391 g/mol. The second-order valence-corrected chi connectivity index (χ2v) is 7.16. The van der Waals surface area contributed by atoms with Crippen LogP contribution >= 0.6 is 0 Å². The van der Waals surface area contributed by atoms with Crippen LogP contribution in [0.2, 0.25) is 0 Å². The molecular weight excluding hydrogens is 366 g/mol. The van der Waals surface area contributed by atoms with Crippen molar-refractivity contribution in [3.63, 3.8) is 0 Å². The Balaban J connectivity index is 1.50. The van der Waals surface area contributed by atoms with Crippen molar-refractivity contribution in [2.45, 2.75) is 44.5 Å². The molecule has 8 heteroatoms. The highest BCUT2D eigenvalue weighted by atomic mass is 16.8. The van der Waals surface area contributed by atoms with Gasteiger partial charge < -0.3 is 19.3 Å². The molecule has 0 spiro atoms. The molecule has 1 aliphatic heterocycles. The normalized spacial score (nSPS) is 21.5. The first-order valence-electron chi connectivity index (χ1n) is 9.48. The minimum Gasteiger partial charge on any atom is -0.481 e. The minimum atomic E-state index is -1.23. The zero-order chi connectivity index (χ0) is 20.0. The number of ketones is 1. The largest absolute Gasteiger partial charge is 0.481 e. The van der Waals surface area contributed by atoms with Crippen LogP contribution in [0.3, 0.4) is 0 Å².